The summed E-state index contributed by atoms with van der Waals surface area (Å²) in [5.74, 6) is -5.73. The van der Waals surface area contributed by atoms with Gasteiger partial charge in [0.25, 0.3) is 0 Å². The number of carbonyl (C=O) groups is 3. The third-order valence-corrected chi connectivity index (χ3v) is 7.51. The molecule has 10 heteroatoms. The number of fused-ring (bicyclic) bond motifs is 3. The number of benzene rings is 1. The van der Waals surface area contributed by atoms with E-state index in [0.717, 1.165) is 12.5 Å². The van der Waals surface area contributed by atoms with Crippen molar-refractivity contribution in [3.8, 4) is 5.75 Å². The summed E-state index contributed by atoms with van der Waals surface area (Å²) in [5, 5.41) is 45.9. The minimum Gasteiger partial charge on any atom is -0.508 e. The normalized spacial score (nSPS) is 28.4. The zero-order valence-electron chi connectivity index (χ0n) is 20.3. The number of phenols is 1. The SMILES string of the molecule is CON(C)Cc1ccc(O)c2c1C[C@H]1C[C@H]3[C@H](N(C)C)C(=O)C(C(C)=O)=C(O)[C@@]3(O)C(=O)C1=C2O. The molecule has 0 bridgehead atoms. The van der Waals surface area contributed by atoms with E-state index in [2.05, 4.69) is 0 Å². The Kier molecular flexibility index (Phi) is 6.13. The first-order valence-corrected chi connectivity index (χ1v) is 11.3. The van der Waals surface area contributed by atoms with Crippen molar-refractivity contribution in [3.05, 3.63) is 45.7 Å². The predicted octanol–water partition coefficient (Wildman–Crippen LogP) is 1.06. The average molecular weight is 487 g/mol. The molecule has 1 fully saturated rings. The van der Waals surface area contributed by atoms with Crippen molar-refractivity contribution < 1.29 is 39.6 Å². The molecule has 10 nitrogen and oxygen atoms in total. The second-order valence-corrected chi connectivity index (χ2v) is 9.72. The van der Waals surface area contributed by atoms with Crippen molar-refractivity contribution in [3.63, 3.8) is 0 Å². The monoisotopic (exact) mass is 486 g/mol. The molecule has 35 heavy (non-hydrogen) atoms. The minimum atomic E-state index is -2.56. The van der Waals surface area contributed by atoms with Gasteiger partial charge in [-0.1, -0.05) is 6.07 Å². The largest absolute Gasteiger partial charge is 0.508 e. The molecule has 0 amide bonds. The molecule has 1 aromatic rings. The van der Waals surface area contributed by atoms with E-state index >= 15 is 0 Å². The molecule has 1 saturated carbocycles. The Morgan fingerprint density at radius 1 is 1.17 bits per heavy atom. The van der Waals surface area contributed by atoms with E-state index in [9.17, 15) is 34.8 Å². The van der Waals surface area contributed by atoms with Gasteiger partial charge in [-0.15, -0.1) is 0 Å². The molecule has 1 aromatic carbocycles. The number of aliphatic hydroxyl groups excluding tert-OH is 2. The highest BCUT2D eigenvalue weighted by Gasteiger charge is 2.64. The van der Waals surface area contributed by atoms with Gasteiger partial charge in [0, 0.05) is 25.1 Å². The Balaban J connectivity index is 1.94. The van der Waals surface area contributed by atoms with Crippen molar-refractivity contribution in [2.45, 2.75) is 38.0 Å². The van der Waals surface area contributed by atoms with Crippen molar-refractivity contribution in [1.29, 1.82) is 0 Å². The van der Waals surface area contributed by atoms with Crippen LogP contribution in [0.2, 0.25) is 0 Å². The summed E-state index contributed by atoms with van der Waals surface area (Å²) in [6.07, 6.45) is 0.340. The number of hydroxylamine groups is 2. The topological polar surface area (TPSA) is 148 Å². The number of aliphatic hydroxyl groups is 3. The zero-order valence-corrected chi connectivity index (χ0v) is 20.3. The van der Waals surface area contributed by atoms with Crippen molar-refractivity contribution in [2.75, 3.05) is 28.3 Å². The summed E-state index contributed by atoms with van der Waals surface area (Å²) < 4.78 is 0. The maximum atomic E-state index is 13.8. The van der Waals surface area contributed by atoms with Crippen LogP contribution in [0.4, 0.5) is 0 Å². The molecule has 0 aliphatic heterocycles. The minimum absolute atomic E-state index is 0.0833. The fourth-order valence-electron chi connectivity index (χ4n) is 5.86. The summed E-state index contributed by atoms with van der Waals surface area (Å²) in [4.78, 5) is 45.9. The van der Waals surface area contributed by atoms with Gasteiger partial charge >= 0.3 is 0 Å². The maximum Gasteiger partial charge on any atom is 0.202 e. The van der Waals surface area contributed by atoms with Crippen LogP contribution in [-0.2, 0) is 32.2 Å². The van der Waals surface area contributed by atoms with E-state index < -0.39 is 57.9 Å². The van der Waals surface area contributed by atoms with Crippen LogP contribution in [0.5, 0.6) is 5.75 Å². The van der Waals surface area contributed by atoms with Gasteiger partial charge in [0.2, 0.25) is 5.78 Å². The summed E-state index contributed by atoms with van der Waals surface area (Å²) in [6, 6.07) is 2.09. The van der Waals surface area contributed by atoms with E-state index in [4.69, 9.17) is 4.84 Å². The summed E-state index contributed by atoms with van der Waals surface area (Å²) in [7, 11) is 6.44. The molecule has 0 spiro atoms. The second-order valence-electron chi connectivity index (χ2n) is 9.72. The van der Waals surface area contributed by atoms with Crippen LogP contribution in [0.25, 0.3) is 5.76 Å². The standard InChI is InChI=1S/C25H30N2O8/c1-11(28)17-22(31)20(26(2)3)15-9-13-8-14-12(10-27(4)35-5)6-7-16(29)19(14)21(30)18(13)24(33)25(15,34)23(17)32/h6-7,13,15,20,29-30,32,34H,8-10H2,1-5H3/t13-,15-,20-,25+/m0/s1. The van der Waals surface area contributed by atoms with Gasteiger partial charge in [-0.25, -0.2) is 0 Å². The van der Waals surface area contributed by atoms with Gasteiger partial charge < -0.3 is 25.3 Å². The van der Waals surface area contributed by atoms with Gasteiger partial charge in [0.15, 0.2) is 17.2 Å². The highest BCUT2D eigenvalue weighted by atomic mass is 16.7. The molecule has 0 unspecified atom stereocenters. The third kappa shape index (κ3) is 3.51. The molecule has 0 radical (unpaired) electrons. The van der Waals surface area contributed by atoms with Gasteiger partial charge in [-0.2, -0.15) is 5.06 Å². The van der Waals surface area contributed by atoms with Crippen LogP contribution in [0.3, 0.4) is 0 Å². The molecule has 4 atom stereocenters. The van der Waals surface area contributed by atoms with Crippen LogP contribution < -0.4 is 0 Å². The number of rotatable bonds is 5. The molecule has 188 valence electrons. The lowest BCUT2D eigenvalue weighted by atomic mass is 9.57. The lowest BCUT2D eigenvalue weighted by molar-refractivity contribution is -0.153. The van der Waals surface area contributed by atoms with E-state index in [-0.39, 0.29) is 29.7 Å². The van der Waals surface area contributed by atoms with Crippen LogP contribution in [-0.4, -0.2) is 87.6 Å². The molecule has 0 heterocycles. The first kappa shape index (κ1) is 25.1. The first-order chi connectivity index (χ1) is 16.4. The van der Waals surface area contributed by atoms with E-state index in [0.29, 0.717) is 12.1 Å². The highest BCUT2D eigenvalue weighted by molar-refractivity contribution is 6.25. The van der Waals surface area contributed by atoms with Crippen LogP contribution in [0.15, 0.2) is 29.0 Å². The highest BCUT2D eigenvalue weighted by Crippen LogP contribution is 2.53. The molecule has 4 rings (SSSR count). The second kappa shape index (κ2) is 8.56. The van der Waals surface area contributed by atoms with Crippen molar-refractivity contribution >= 4 is 23.1 Å². The molecular formula is C25H30N2O8. The maximum absolute atomic E-state index is 13.8. The number of Topliss-reactive ketones (excluding diaryl/α,β-unsaturated/α-hetero) is 3. The molecule has 0 aromatic heterocycles. The number of carbonyl (C=O) groups excluding carboxylic acids is 3. The van der Waals surface area contributed by atoms with Gasteiger partial charge in [-0.05, 0) is 57.0 Å². The Hall–Kier alpha value is -3.05. The fraction of sp³-hybridized carbons (Fsp3) is 0.480. The number of ketones is 3. The summed E-state index contributed by atoms with van der Waals surface area (Å²) >= 11 is 0. The lowest BCUT2D eigenvalue weighted by Gasteiger charge is -2.50. The quantitative estimate of drug-likeness (QED) is 0.352. The molecule has 4 N–H and O–H groups in total. The Bertz CT molecular complexity index is 1200. The Morgan fingerprint density at radius 2 is 1.83 bits per heavy atom. The number of hydrogen-bond donors (Lipinski definition) is 4. The molecule has 0 saturated heterocycles. The zero-order chi connectivity index (χ0) is 26.0. The number of aromatic hydroxyl groups is 1. The van der Waals surface area contributed by atoms with Crippen molar-refractivity contribution in [2.24, 2.45) is 11.8 Å². The van der Waals surface area contributed by atoms with Crippen LogP contribution in [0.1, 0.15) is 30.0 Å². The smallest absolute Gasteiger partial charge is 0.202 e. The van der Waals surface area contributed by atoms with E-state index in [1.165, 1.54) is 18.1 Å². The first-order valence-electron chi connectivity index (χ1n) is 11.3. The summed E-state index contributed by atoms with van der Waals surface area (Å²) in [5.41, 5.74) is -1.83. The predicted molar refractivity (Wildman–Crippen MR) is 124 cm³/mol. The van der Waals surface area contributed by atoms with Crippen LogP contribution >= 0.6 is 0 Å². The summed E-state index contributed by atoms with van der Waals surface area (Å²) in [6.45, 7) is 1.43. The average Bonchev–Trinajstić information content (AvgIpc) is 2.77. The van der Waals surface area contributed by atoms with Crippen LogP contribution in [0, 0.1) is 11.8 Å². The lowest BCUT2D eigenvalue weighted by Crippen LogP contribution is -2.65. The Morgan fingerprint density at radius 3 is 2.40 bits per heavy atom. The number of hydrogen-bond acceptors (Lipinski definition) is 10. The Labute approximate surface area is 202 Å². The third-order valence-electron chi connectivity index (χ3n) is 7.51. The van der Waals surface area contributed by atoms with Gasteiger partial charge in [-0.3, -0.25) is 19.3 Å². The van der Waals surface area contributed by atoms with Crippen molar-refractivity contribution in [1.82, 2.24) is 9.96 Å². The van der Waals surface area contributed by atoms with Gasteiger partial charge in [0.05, 0.1) is 18.7 Å². The number of nitrogens with zero attached hydrogens (tertiary/aromatic N) is 2. The number of phenolic OH excluding ortho intramolecular Hbond substituents is 1. The fourth-order valence-corrected chi connectivity index (χ4v) is 5.86. The molecular weight excluding hydrogens is 456 g/mol. The van der Waals surface area contributed by atoms with Gasteiger partial charge in [0.1, 0.15) is 22.8 Å². The van der Waals surface area contributed by atoms with E-state index in [1.54, 1.807) is 32.3 Å². The van der Waals surface area contributed by atoms with E-state index in [1.807, 2.05) is 0 Å². The number of likely N-dealkylation sites (N-methyl/N-ethyl adjacent to an activating group) is 1. The molecule has 3 aliphatic rings. The molecule has 3 aliphatic carbocycles.